The van der Waals surface area contributed by atoms with Gasteiger partial charge in [-0.05, 0) is 24.6 Å². The van der Waals surface area contributed by atoms with Crippen LogP contribution in [-0.4, -0.2) is 43.7 Å². The lowest BCUT2D eigenvalue weighted by Gasteiger charge is -2.24. The van der Waals surface area contributed by atoms with E-state index in [1.165, 1.54) is 0 Å². The van der Waals surface area contributed by atoms with E-state index in [1.54, 1.807) is 13.2 Å². The zero-order valence-electron chi connectivity index (χ0n) is 12.5. The van der Waals surface area contributed by atoms with Crippen molar-refractivity contribution in [1.82, 2.24) is 10.2 Å². The Morgan fingerprint density at radius 1 is 1.38 bits per heavy atom. The van der Waals surface area contributed by atoms with Crippen LogP contribution in [0.1, 0.15) is 18.7 Å². The molecule has 1 aromatic rings. The van der Waals surface area contributed by atoms with E-state index in [4.69, 9.17) is 9.47 Å². The van der Waals surface area contributed by atoms with Crippen LogP contribution in [0, 0.1) is 0 Å². The van der Waals surface area contributed by atoms with Crippen LogP contribution in [0.2, 0.25) is 0 Å². The van der Waals surface area contributed by atoms with E-state index in [1.807, 2.05) is 36.1 Å². The monoisotopic (exact) mass is 290 g/mol. The van der Waals surface area contributed by atoms with Crippen molar-refractivity contribution in [3.63, 3.8) is 0 Å². The van der Waals surface area contributed by atoms with Gasteiger partial charge in [-0.1, -0.05) is 24.8 Å². The summed E-state index contributed by atoms with van der Waals surface area (Å²) in [6.45, 7) is 7.08. The second kappa shape index (κ2) is 7.24. The fraction of sp³-hybridized carbons (Fsp3) is 0.438. The molecule has 1 fully saturated rings. The summed E-state index contributed by atoms with van der Waals surface area (Å²) >= 11 is 0. The molecule has 0 spiro atoms. The lowest BCUT2D eigenvalue weighted by Crippen LogP contribution is -2.33. The molecule has 0 aliphatic carbocycles. The molecule has 0 aromatic heterocycles. The molecule has 1 N–H and O–H groups in total. The highest BCUT2D eigenvalue weighted by atomic mass is 16.5. The molecular weight excluding hydrogens is 268 g/mol. The molecule has 5 heteroatoms. The average Bonchev–Trinajstić information content (AvgIpc) is 2.79. The summed E-state index contributed by atoms with van der Waals surface area (Å²) < 4.78 is 10.6. The van der Waals surface area contributed by atoms with Crippen LogP contribution in [0.4, 0.5) is 0 Å². The van der Waals surface area contributed by atoms with Crippen molar-refractivity contribution in [2.45, 2.75) is 19.1 Å². The molecule has 1 amide bonds. The molecule has 5 nitrogen and oxygen atoms in total. The van der Waals surface area contributed by atoms with E-state index in [9.17, 15) is 4.79 Å². The van der Waals surface area contributed by atoms with Gasteiger partial charge in [0, 0.05) is 13.7 Å². The van der Waals surface area contributed by atoms with Crippen LogP contribution in [0.5, 0.6) is 5.75 Å². The van der Waals surface area contributed by atoms with Gasteiger partial charge < -0.3 is 14.4 Å². The molecule has 2 unspecified atom stereocenters. The maximum atomic E-state index is 12.2. The number of amides is 1. The topological polar surface area (TPSA) is 50.8 Å². The summed E-state index contributed by atoms with van der Waals surface area (Å²) in [6.07, 6.45) is 1.59. The van der Waals surface area contributed by atoms with Gasteiger partial charge in [-0.3, -0.25) is 10.1 Å². The van der Waals surface area contributed by atoms with Gasteiger partial charge in [-0.15, -0.1) is 0 Å². The van der Waals surface area contributed by atoms with Crippen LogP contribution in [0.3, 0.4) is 0 Å². The van der Waals surface area contributed by atoms with Crippen molar-refractivity contribution in [1.29, 1.82) is 0 Å². The number of carbonyl (C=O) groups excluding carboxylic acids is 1. The number of ether oxygens (including phenoxy) is 2. The van der Waals surface area contributed by atoms with Gasteiger partial charge in [0.15, 0.2) is 0 Å². The predicted octanol–water partition coefficient (Wildman–Crippen LogP) is 1.72. The molecule has 1 aliphatic heterocycles. The number of hydrogen-bond acceptors (Lipinski definition) is 4. The molecule has 0 bridgehead atoms. The fourth-order valence-corrected chi connectivity index (χ4v) is 2.38. The zero-order valence-corrected chi connectivity index (χ0v) is 12.5. The number of hydrogen-bond donors (Lipinski definition) is 1. The minimum absolute atomic E-state index is 0.101. The van der Waals surface area contributed by atoms with Crippen molar-refractivity contribution in [3.05, 3.63) is 42.5 Å². The predicted molar refractivity (Wildman–Crippen MR) is 81.1 cm³/mol. The highest BCUT2D eigenvalue weighted by Crippen LogP contribution is 2.26. The Hall–Kier alpha value is -1.85. The van der Waals surface area contributed by atoms with Crippen LogP contribution >= 0.6 is 0 Å². The molecular formula is C16H22N2O3. The van der Waals surface area contributed by atoms with Gasteiger partial charge in [0.05, 0.1) is 12.6 Å². The minimum Gasteiger partial charge on any atom is -0.490 e. The summed E-state index contributed by atoms with van der Waals surface area (Å²) in [4.78, 5) is 14.0. The molecule has 21 heavy (non-hydrogen) atoms. The first-order valence-electron chi connectivity index (χ1n) is 7.06. The standard InChI is InChI=1S/C16H22N2O3/c1-4-10-21-14-7-5-13(6-8-14)15-17-12(2)16(19)18(15)9-11-20-3/h4-8,12,15,17H,1,9-11H2,2-3H3. The van der Waals surface area contributed by atoms with Gasteiger partial charge in [0.2, 0.25) is 5.91 Å². The third kappa shape index (κ3) is 3.62. The lowest BCUT2D eigenvalue weighted by atomic mass is 10.1. The molecule has 0 radical (unpaired) electrons. The lowest BCUT2D eigenvalue weighted by molar-refractivity contribution is -0.130. The van der Waals surface area contributed by atoms with Crippen LogP contribution in [0.25, 0.3) is 0 Å². The molecule has 2 atom stereocenters. The number of carbonyl (C=O) groups is 1. The van der Waals surface area contributed by atoms with E-state index in [2.05, 4.69) is 11.9 Å². The van der Waals surface area contributed by atoms with Gasteiger partial charge in [0.25, 0.3) is 0 Å². The quantitative estimate of drug-likeness (QED) is 0.777. The van der Waals surface area contributed by atoms with E-state index in [0.29, 0.717) is 19.8 Å². The fourth-order valence-electron chi connectivity index (χ4n) is 2.38. The highest BCUT2D eigenvalue weighted by Gasteiger charge is 2.36. The Kier molecular flexibility index (Phi) is 5.36. The third-order valence-corrected chi connectivity index (χ3v) is 3.47. The summed E-state index contributed by atoms with van der Waals surface area (Å²) in [5.74, 6) is 0.892. The summed E-state index contributed by atoms with van der Waals surface area (Å²) in [7, 11) is 1.64. The molecule has 1 heterocycles. The Morgan fingerprint density at radius 3 is 2.71 bits per heavy atom. The third-order valence-electron chi connectivity index (χ3n) is 3.47. The molecule has 1 saturated heterocycles. The van der Waals surface area contributed by atoms with E-state index in [-0.39, 0.29) is 18.1 Å². The second-order valence-corrected chi connectivity index (χ2v) is 4.98. The van der Waals surface area contributed by atoms with Gasteiger partial charge in [-0.2, -0.15) is 0 Å². The van der Waals surface area contributed by atoms with Crippen molar-refractivity contribution < 1.29 is 14.3 Å². The first-order chi connectivity index (χ1) is 10.2. The molecule has 2 rings (SSSR count). The smallest absolute Gasteiger partial charge is 0.241 e. The first-order valence-corrected chi connectivity index (χ1v) is 7.06. The molecule has 1 aromatic carbocycles. The number of nitrogens with zero attached hydrogens (tertiary/aromatic N) is 1. The largest absolute Gasteiger partial charge is 0.490 e. The minimum atomic E-state index is -0.177. The van der Waals surface area contributed by atoms with Crippen LogP contribution < -0.4 is 10.1 Å². The number of rotatable bonds is 7. The summed E-state index contributed by atoms with van der Waals surface area (Å²) in [5, 5.41) is 3.31. The zero-order chi connectivity index (χ0) is 15.2. The Balaban J connectivity index is 2.11. The highest BCUT2D eigenvalue weighted by molar-refractivity contribution is 5.84. The van der Waals surface area contributed by atoms with Crippen molar-refractivity contribution in [2.75, 3.05) is 26.9 Å². The molecule has 0 saturated carbocycles. The number of methoxy groups -OCH3 is 1. The van der Waals surface area contributed by atoms with Gasteiger partial charge in [0.1, 0.15) is 18.5 Å². The maximum absolute atomic E-state index is 12.2. The number of benzene rings is 1. The second-order valence-electron chi connectivity index (χ2n) is 4.98. The Bertz CT molecular complexity index is 487. The SMILES string of the molecule is C=CCOc1ccc(C2NC(C)C(=O)N2CCOC)cc1. The molecule has 114 valence electrons. The van der Waals surface area contributed by atoms with E-state index >= 15 is 0 Å². The van der Waals surface area contributed by atoms with Crippen molar-refractivity contribution in [3.8, 4) is 5.75 Å². The van der Waals surface area contributed by atoms with Crippen molar-refractivity contribution in [2.24, 2.45) is 0 Å². The Labute approximate surface area is 125 Å². The normalized spacial score (nSPS) is 21.6. The van der Waals surface area contributed by atoms with Crippen molar-refractivity contribution >= 4 is 5.91 Å². The van der Waals surface area contributed by atoms with E-state index < -0.39 is 0 Å². The summed E-state index contributed by atoms with van der Waals surface area (Å²) in [5.41, 5.74) is 1.04. The Morgan fingerprint density at radius 2 is 2.10 bits per heavy atom. The summed E-state index contributed by atoms with van der Waals surface area (Å²) in [6, 6.07) is 7.58. The number of nitrogens with one attached hydrogen (secondary N) is 1. The average molecular weight is 290 g/mol. The van der Waals surface area contributed by atoms with Gasteiger partial charge >= 0.3 is 0 Å². The maximum Gasteiger partial charge on any atom is 0.241 e. The van der Waals surface area contributed by atoms with Gasteiger partial charge in [-0.25, -0.2) is 0 Å². The van der Waals surface area contributed by atoms with Crippen LogP contribution in [0.15, 0.2) is 36.9 Å². The first kappa shape index (κ1) is 15.5. The van der Waals surface area contributed by atoms with Crippen LogP contribution in [-0.2, 0) is 9.53 Å². The van der Waals surface area contributed by atoms with E-state index in [0.717, 1.165) is 11.3 Å². The molecule has 1 aliphatic rings.